The Labute approximate surface area is 130 Å². The lowest BCUT2D eigenvalue weighted by molar-refractivity contribution is 0.107. The van der Waals surface area contributed by atoms with Crippen LogP contribution in [0.25, 0.3) is 0 Å². The van der Waals surface area contributed by atoms with Crippen LogP contribution in [0.4, 0.5) is 0 Å². The van der Waals surface area contributed by atoms with Gasteiger partial charge in [0.05, 0.1) is 11.0 Å². The van der Waals surface area contributed by atoms with Crippen molar-refractivity contribution in [3.63, 3.8) is 0 Å². The van der Waals surface area contributed by atoms with Crippen molar-refractivity contribution in [2.75, 3.05) is 13.2 Å². The van der Waals surface area contributed by atoms with Gasteiger partial charge in [0.25, 0.3) is 0 Å². The number of hydrogen-bond donors (Lipinski definition) is 2. The molecule has 0 amide bonds. The van der Waals surface area contributed by atoms with Gasteiger partial charge in [-0.2, -0.15) is 0 Å². The number of rotatable bonds is 7. The van der Waals surface area contributed by atoms with Crippen LogP contribution in [-0.2, 0) is 21.3 Å². The molecule has 2 atom stereocenters. The van der Waals surface area contributed by atoms with Gasteiger partial charge in [0.1, 0.15) is 0 Å². The van der Waals surface area contributed by atoms with E-state index in [1.54, 1.807) is 11.4 Å². The first kappa shape index (κ1) is 15.4. The molecule has 2 unspecified atom stereocenters. The van der Waals surface area contributed by atoms with E-state index >= 15 is 0 Å². The first-order valence-corrected chi connectivity index (χ1v) is 9.83. The summed E-state index contributed by atoms with van der Waals surface area (Å²) >= 11 is 1.50. The second kappa shape index (κ2) is 6.34. The van der Waals surface area contributed by atoms with Gasteiger partial charge in [0.15, 0.2) is 0 Å². The Hall–Kier alpha value is -0.470. The van der Waals surface area contributed by atoms with Crippen LogP contribution in [0.15, 0.2) is 16.3 Å². The van der Waals surface area contributed by atoms with Gasteiger partial charge in [-0.25, -0.2) is 13.1 Å². The topological polar surface area (TPSA) is 67.4 Å². The zero-order valence-corrected chi connectivity index (χ0v) is 13.8. The molecule has 1 aliphatic carbocycles. The summed E-state index contributed by atoms with van der Waals surface area (Å²) in [6, 6.07) is 2.41. The maximum Gasteiger partial charge on any atom is 0.241 e. The fourth-order valence-corrected chi connectivity index (χ4v) is 4.79. The molecule has 118 valence electrons. The molecule has 0 aromatic carbocycles. The summed E-state index contributed by atoms with van der Waals surface area (Å²) in [5, 5.41) is 5.12. The third kappa shape index (κ3) is 4.04. The summed E-state index contributed by atoms with van der Waals surface area (Å²) in [6.45, 7) is 3.94. The SMILES string of the molecule is CC1OCCC1CNS(=O)(=O)c1csc(CNC2CC2)c1. The van der Waals surface area contributed by atoms with Gasteiger partial charge < -0.3 is 10.1 Å². The smallest absolute Gasteiger partial charge is 0.241 e. The summed E-state index contributed by atoms with van der Waals surface area (Å²) in [5.41, 5.74) is 0. The summed E-state index contributed by atoms with van der Waals surface area (Å²) in [7, 11) is -3.40. The lowest BCUT2D eigenvalue weighted by atomic mass is 10.0. The van der Waals surface area contributed by atoms with Crippen molar-refractivity contribution in [3.05, 3.63) is 16.3 Å². The van der Waals surface area contributed by atoms with Gasteiger partial charge in [-0.05, 0) is 32.3 Å². The average molecular weight is 330 g/mol. The highest BCUT2D eigenvalue weighted by molar-refractivity contribution is 7.89. The van der Waals surface area contributed by atoms with Crippen LogP contribution in [0.3, 0.4) is 0 Å². The molecule has 3 rings (SSSR count). The molecule has 1 saturated carbocycles. The number of nitrogens with one attached hydrogen (secondary N) is 2. The molecule has 0 spiro atoms. The minimum Gasteiger partial charge on any atom is -0.378 e. The molecule has 21 heavy (non-hydrogen) atoms. The van der Waals surface area contributed by atoms with Gasteiger partial charge in [0.2, 0.25) is 10.0 Å². The lowest BCUT2D eigenvalue weighted by Gasteiger charge is -2.14. The molecule has 0 radical (unpaired) electrons. The van der Waals surface area contributed by atoms with Crippen LogP contribution >= 0.6 is 11.3 Å². The Balaban J connectivity index is 1.55. The van der Waals surface area contributed by atoms with Crippen molar-refractivity contribution in [1.82, 2.24) is 10.0 Å². The molecule has 1 aromatic heterocycles. The fourth-order valence-electron chi connectivity index (χ4n) is 2.47. The van der Waals surface area contributed by atoms with E-state index < -0.39 is 10.0 Å². The van der Waals surface area contributed by atoms with Gasteiger partial charge in [-0.3, -0.25) is 0 Å². The number of thiophene rings is 1. The van der Waals surface area contributed by atoms with Crippen LogP contribution in [0, 0.1) is 5.92 Å². The highest BCUT2D eigenvalue weighted by Crippen LogP contribution is 2.24. The van der Waals surface area contributed by atoms with E-state index in [1.165, 1.54) is 24.2 Å². The maximum atomic E-state index is 12.3. The Kier molecular flexibility index (Phi) is 4.66. The van der Waals surface area contributed by atoms with E-state index in [4.69, 9.17) is 4.74 Å². The molecular weight excluding hydrogens is 308 g/mol. The summed E-state index contributed by atoms with van der Waals surface area (Å²) < 4.78 is 32.8. The van der Waals surface area contributed by atoms with Crippen LogP contribution in [0.2, 0.25) is 0 Å². The van der Waals surface area contributed by atoms with Crippen LogP contribution in [-0.4, -0.2) is 33.7 Å². The van der Waals surface area contributed by atoms with Crippen LogP contribution in [0.1, 0.15) is 31.1 Å². The molecule has 1 aromatic rings. The predicted octanol–water partition coefficient (Wildman–Crippen LogP) is 1.70. The number of hydrogen-bond acceptors (Lipinski definition) is 5. The molecule has 0 bridgehead atoms. The minimum atomic E-state index is -3.40. The molecule has 2 fully saturated rings. The van der Waals surface area contributed by atoms with Crippen molar-refractivity contribution in [2.24, 2.45) is 5.92 Å². The molecule has 5 nitrogen and oxygen atoms in total. The van der Waals surface area contributed by atoms with Crippen molar-refractivity contribution < 1.29 is 13.2 Å². The Morgan fingerprint density at radius 1 is 1.38 bits per heavy atom. The quantitative estimate of drug-likeness (QED) is 0.798. The van der Waals surface area contributed by atoms with E-state index in [9.17, 15) is 8.42 Å². The Morgan fingerprint density at radius 3 is 2.86 bits per heavy atom. The maximum absolute atomic E-state index is 12.3. The third-order valence-electron chi connectivity index (χ3n) is 4.15. The zero-order chi connectivity index (χ0) is 14.9. The molecule has 1 saturated heterocycles. The van der Waals surface area contributed by atoms with Gasteiger partial charge in [-0.1, -0.05) is 0 Å². The van der Waals surface area contributed by atoms with Crippen molar-refractivity contribution >= 4 is 21.4 Å². The number of ether oxygens (including phenoxy) is 1. The second-order valence-electron chi connectivity index (χ2n) is 5.88. The van der Waals surface area contributed by atoms with E-state index in [2.05, 4.69) is 10.0 Å². The summed E-state index contributed by atoms with van der Waals surface area (Å²) in [5.74, 6) is 0.273. The van der Waals surface area contributed by atoms with Gasteiger partial charge >= 0.3 is 0 Å². The third-order valence-corrected chi connectivity index (χ3v) is 6.64. The summed E-state index contributed by atoms with van der Waals surface area (Å²) in [4.78, 5) is 1.45. The highest BCUT2D eigenvalue weighted by atomic mass is 32.2. The van der Waals surface area contributed by atoms with Crippen molar-refractivity contribution in [2.45, 2.75) is 49.8 Å². The second-order valence-corrected chi connectivity index (χ2v) is 8.64. The number of sulfonamides is 1. The first-order chi connectivity index (χ1) is 10.0. The fraction of sp³-hybridized carbons (Fsp3) is 0.714. The van der Waals surface area contributed by atoms with Gasteiger partial charge in [-0.15, -0.1) is 11.3 Å². The van der Waals surface area contributed by atoms with E-state index in [-0.39, 0.29) is 12.0 Å². The Morgan fingerprint density at radius 2 is 2.19 bits per heavy atom. The highest BCUT2D eigenvalue weighted by Gasteiger charge is 2.26. The lowest BCUT2D eigenvalue weighted by Crippen LogP contribution is -2.31. The molecule has 2 aliphatic rings. The van der Waals surface area contributed by atoms with Gasteiger partial charge in [0, 0.05) is 41.9 Å². The van der Waals surface area contributed by atoms with Crippen LogP contribution < -0.4 is 10.0 Å². The summed E-state index contributed by atoms with van der Waals surface area (Å²) in [6.07, 6.45) is 3.53. The zero-order valence-electron chi connectivity index (χ0n) is 12.2. The molecule has 7 heteroatoms. The normalized spacial score (nSPS) is 26.3. The molecule has 1 aliphatic heterocycles. The largest absolute Gasteiger partial charge is 0.378 e. The molecule has 2 N–H and O–H groups in total. The van der Waals surface area contributed by atoms with E-state index in [0.717, 1.165) is 24.4 Å². The average Bonchev–Trinajstić information content (AvgIpc) is 2.98. The van der Waals surface area contributed by atoms with Crippen LogP contribution in [0.5, 0.6) is 0 Å². The van der Waals surface area contributed by atoms with Crippen molar-refractivity contribution in [1.29, 1.82) is 0 Å². The molecular formula is C14H22N2O3S2. The van der Waals surface area contributed by atoms with E-state index in [0.29, 0.717) is 17.5 Å². The first-order valence-electron chi connectivity index (χ1n) is 7.46. The molecule has 2 heterocycles. The minimum absolute atomic E-state index is 0.133. The standard InChI is InChI=1S/C14H22N2O3S2/c1-10-11(4-5-19-10)7-16-21(17,18)14-6-13(20-9-14)8-15-12-2-3-12/h6,9-12,15-16H,2-5,7-8H2,1H3. The van der Waals surface area contributed by atoms with E-state index in [1.807, 2.05) is 6.92 Å². The van der Waals surface area contributed by atoms with Crippen molar-refractivity contribution in [3.8, 4) is 0 Å². The Bertz CT molecular complexity index is 581. The monoisotopic (exact) mass is 330 g/mol. The predicted molar refractivity (Wildman–Crippen MR) is 82.9 cm³/mol.